The number of rotatable bonds is 4. The van der Waals surface area contributed by atoms with Crippen molar-refractivity contribution in [1.82, 2.24) is 9.78 Å². The summed E-state index contributed by atoms with van der Waals surface area (Å²) >= 11 is 0. The number of esters is 1. The topological polar surface area (TPSA) is 44.1 Å². The van der Waals surface area contributed by atoms with E-state index in [9.17, 15) is 4.79 Å². The van der Waals surface area contributed by atoms with E-state index in [2.05, 4.69) is 5.10 Å². The Morgan fingerprint density at radius 2 is 2.36 bits per heavy atom. The summed E-state index contributed by atoms with van der Waals surface area (Å²) in [6.07, 6.45) is 1.11. The third kappa shape index (κ3) is 2.87. The second-order valence-electron chi connectivity index (χ2n) is 3.21. The van der Waals surface area contributed by atoms with Crippen molar-refractivity contribution in [2.24, 2.45) is 7.05 Å². The molecular formula is C10H16N2O2. The summed E-state index contributed by atoms with van der Waals surface area (Å²) in [7, 11) is 1.88. The highest BCUT2D eigenvalue weighted by molar-refractivity contribution is 5.69. The van der Waals surface area contributed by atoms with Crippen LogP contribution in [0.15, 0.2) is 6.07 Å². The summed E-state index contributed by atoms with van der Waals surface area (Å²) in [5, 5.41) is 4.20. The second-order valence-corrected chi connectivity index (χ2v) is 3.21. The third-order valence-electron chi connectivity index (χ3n) is 1.99. The molecule has 0 amide bonds. The van der Waals surface area contributed by atoms with Crippen LogP contribution in [-0.2, 0) is 23.0 Å². The van der Waals surface area contributed by atoms with Gasteiger partial charge in [0, 0.05) is 12.7 Å². The molecular weight excluding hydrogens is 180 g/mol. The highest BCUT2D eigenvalue weighted by atomic mass is 16.5. The molecule has 0 fully saturated rings. The van der Waals surface area contributed by atoms with E-state index in [-0.39, 0.29) is 5.97 Å². The van der Waals surface area contributed by atoms with Gasteiger partial charge in [-0.05, 0) is 26.3 Å². The van der Waals surface area contributed by atoms with E-state index < -0.39 is 0 Å². The van der Waals surface area contributed by atoms with Gasteiger partial charge in [0.25, 0.3) is 0 Å². The van der Waals surface area contributed by atoms with E-state index in [4.69, 9.17) is 4.74 Å². The first-order chi connectivity index (χ1) is 6.63. The van der Waals surface area contributed by atoms with Crippen LogP contribution < -0.4 is 0 Å². The molecule has 0 aliphatic heterocycles. The number of hydrogen-bond acceptors (Lipinski definition) is 3. The molecule has 0 spiro atoms. The van der Waals surface area contributed by atoms with E-state index in [1.807, 2.05) is 27.0 Å². The number of hydrogen-bond donors (Lipinski definition) is 0. The SMILES string of the molecule is CCOC(=O)CCc1cc(C)nn1C. The van der Waals surface area contributed by atoms with E-state index in [1.54, 1.807) is 4.68 Å². The minimum atomic E-state index is -0.147. The Labute approximate surface area is 83.9 Å². The lowest BCUT2D eigenvalue weighted by Crippen LogP contribution is -2.07. The molecule has 1 rings (SSSR count). The fourth-order valence-corrected chi connectivity index (χ4v) is 1.36. The number of aryl methyl sites for hydroxylation is 3. The van der Waals surface area contributed by atoms with Gasteiger partial charge in [-0.15, -0.1) is 0 Å². The molecule has 0 atom stereocenters. The van der Waals surface area contributed by atoms with Gasteiger partial charge in [0.2, 0.25) is 0 Å². The van der Waals surface area contributed by atoms with E-state index in [1.165, 1.54) is 0 Å². The predicted molar refractivity (Wildman–Crippen MR) is 52.9 cm³/mol. The van der Waals surface area contributed by atoms with Crippen molar-refractivity contribution in [1.29, 1.82) is 0 Å². The van der Waals surface area contributed by atoms with Crippen LogP contribution in [0.2, 0.25) is 0 Å². The van der Waals surface area contributed by atoms with Gasteiger partial charge in [0.15, 0.2) is 0 Å². The van der Waals surface area contributed by atoms with Crippen molar-refractivity contribution in [2.75, 3.05) is 6.61 Å². The van der Waals surface area contributed by atoms with Gasteiger partial charge in [-0.3, -0.25) is 9.48 Å². The van der Waals surface area contributed by atoms with Gasteiger partial charge in [-0.1, -0.05) is 0 Å². The number of carbonyl (C=O) groups is 1. The van der Waals surface area contributed by atoms with Crippen LogP contribution in [0.3, 0.4) is 0 Å². The summed E-state index contributed by atoms with van der Waals surface area (Å²) in [6.45, 7) is 4.20. The van der Waals surface area contributed by atoms with Gasteiger partial charge in [-0.25, -0.2) is 0 Å². The zero-order valence-electron chi connectivity index (χ0n) is 8.91. The van der Waals surface area contributed by atoms with E-state index >= 15 is 0 Å². The number of carbonyl (C=O) groups excluding carboxylic acids is 1. The highest BCUT2D eigenvalue weighted by Gasteiger charge is 2.06. The molecule has 0 saturated heterocycles. The molecule has 0 aliphatic rings. The Morgan fingerprint density at radius 1 is 1.64 bits per heavy atom. The average molecular weight is 196 g/mol. The van der Waals surface area contributed by atoms with Crippen molar-refractivity contribution in [3.63, 3.8) is 0 Å². The zero-order valence-corrected chi connectivity index (χ0v) is 8.91. The molecule has 0 radical (unpaired) electrons. The number of aromatic nitrogens is 2. The summed E-state index contributed by atoms with van der Waals surface area (Å²) in [6, 6.07) is 1.99. The molecule has 0 bridgehead atoms. The maximum atomic E-state index is 11.1. The zero-order chi connectivity index (χ0) is 10.6. The van der Waals surface area contributed by atoms with Crippen LogP contribution in [0.4, 0.5) is 0 Å². The molecule has 4 heteroatoms. The third-order valence-corrected chi connectivity index (χ3v) is 1.99. The first-order valence-corrected chi connectivity index (χ1v) is 4.78. The quantitative estimate of drug-likeness (QED) is 0.680. The smallest absolute Gasteiger partial charge is 0.306 e. The van der Waals surface area contributed by atoms with E-state index in [0.717, 1.165) is 11.4 Å². The maximum Gasteiger partial charge on any atom is 0.306 e. The predicted octanol–water partition coefficient (Wildman–Crippen LogP) is 1.22. The molecule has 0 N–H and O–H groups in total. The Kier molecular flexibility index (Phi) is 3.68. The molecule has 0 aliphatic carbocycles. The standard InChI is InChI=1S/C10H16N2O2/c1-4-14-10(13)6-5-9-7-8(2)11-12(9)3/h7H,4-6H2,1-3H3. The molecule has 4 nitrogen and oxygen atoms in total. The Balaban J connectivity index is 2.45. The van der Waals surface area contributed by atoms with E-state index in [0.29, 0.717) is 19.4 Å². The largest absolute Gasteiger partial charge is 0.466 e. The molecule has 1 aromatic rings. The Morgan fingerprint density at radius 3 is 2.86 bits per heavy atom. The molecule has 78 valence electrons. The summed E-state index contributed by atoms with van der Waals surface area (Å²) in [5.41, 5.74) is 2.04. The van der Waals surface area contributed by atoms with Crippen LogP contribution in [0.25, 0.3) is 0 Å². The van der Waals surface area contributed by atoms with Gasteiger partial charge in [0.05, 0.1) is 18.7 Å². The van der Waals surface area contributed by atoms with Crippen LogP contribution in [-0.4, -0.2) is 22.4 Å². The van der Waals surface area contributed by atoms with Crippen molar-refractivity contribution >= 4 is 5.97 Å². The van der Waals surface area contributed by atoms with Crippen molar-refractivity contribution in [2.45, 2.75) is 26.7 Å². The van der Waals surface area contributed by atoms with Crippen LogP contribution in [0.5, 0.6) is 0 Å². The first-order valence-electron chi connectivity index (χ1n) is 4.78. The number of ether oxygens (including phenoxy) is 1. The second kappa shape index (κ2) is 4.79. The minimum absolute atomic E-state index is 0.147. The summed E-state index contributed by atoms with van der Waals surface area (Å²) < 4.78 is 6.64. The highest BCUT2D eigenvalue weighted by Crippen LogP contribution is 2.05. The average Bonchev–Trinajstić information content (AvgIpc) is 2.42. The molecule has 0 unspecified atom stereocenters. The molecule has 1 heterocycles. The Hall–Kier alpha value is -1.32. The van der Waals surface area contributed by atoms with Crippen molar-refractivity contribution in [3.05, 3.63) is 17.5 Å². The lowest BCUT2D eigenvalue weighted by Gasteiger charge is -2.01. The van der Waals surface area contributed by atoms with Crippen molar-refractivity contribution < 1.29 is 9.53 Å². The maximum absolute atomic E-state index is 11.1. The van der Waals surface area contributed by atoms with Crippen LogP contribution in [0.1, 0.15) is 24.7 Å². The van der Waals surface area contributed by atoms with Gasteiger partial charge in [0.1, 0.15) is 0 Å². The molecule has 14 heavy (non-hydrogen) atoms. The molecule has 1 aromatic heterocycles. The molecule has 0 saturated carbocycles. The summed E-state index contributed by atoms with van der Waals surface area (Å²) in [5.74, 6) is -0.147. The Bertz CT molecular complexity index is 318. The fourth-order valence-electron chi connectivity index (χ4n) is 1.36. The summed E-state index contributed by atoms with van der Waals surface area (Å²) in [4.78, 5) is 11.1. The lowest BCUT2D eigenvalue weighted by molar-refractivity contribution is -0.143. The lowest BCUT2D eigenvalue weighted by atomic mass is 10.2. The van der Waals surface area contributed by atoms with Crippen molar-refractivity contribution in [3.8, 4) is 0 Å². The normalized spacial score (nSPS) is 10.2. The molecule has 0 aromatic carbocycles. The first kappa shape index (κ1) is 10.8. The minimum Gasteiger partial charge on any atom is -0.466 e. The van der Waals surface area contributed by atoms with Gasteiger partial charge < -0.3 is 4.74 Å². The van der Waals surface area contributed by atoms with Gasteiger partial charge in [-0.2, -0.15) is 5.10 Å². The monoisotopic (exact) mass is 196 g/mol. The van der Waals surface area contributed by atoms with Gasteiger partial charge >= 0.3 is 5.97 Å². The van der Waals surface area contributed by atoms with Crippen LogP contribution in [0, 0.1) is 6.92 Å². The van der Waals surface area contributed by atoms with Crippen LogP contribution >= 0.6 is 0 Å². The fraction of sp³-hybridized carbons (Fsp3) is 0.600. The number of nitrogens with zero attached hydrogens (tertiary/aromatic N) is 2.